The van der Waals surface area contributed by atoms with Crippen LogP contribution in [0.1, 0.15) is 32.1 Å². The molecule has 2 atom stereocenters. The second-order valence-electron chi connectivity index (χ2n) is 4.11. The zero-order chi connectivity index (χ0) is 10.2. The summed E-state index contributed by atoms with van der Waals surface area (Å²) in [7, 11) is 1.75. The molecular weight excluding hydrogens is 198 g/mol. The summed E-state index contributed by atoms with van der Waals surface area (Å²) in [5.74, 6) is 1.50. The lowest BCUT2D eigenvalue weighted by atomic mass is 9.86. The highest BCUT2D eigenvalue weighted by atomic mass is 35.5. The van der Waals surface area contributed by atoms with Crippen LogP contribution in [0, 0.1) is 5.92 Å². The lowest BCUT2D eigenvalue weighted by Gasteiger charge is -2.31. The van der Waals surface area contributed by atoms with Crippen molar-refractivity contribution in [3.8, 4) is 0 Å². The molecule has 0 aromatic rings. The predicted molar refractivity (Wildman–Crippen MR) is 61.0 cm³/mol. The quantitative estimate of drug-likeness (QED) is 0.547. The minimum absolute atomic E-state index is 0.651. The molecule has 0 radical (unpaired) electrons. The van der Waals surface area contributed by atoms with E-state index in [0.29, 0.717) is 12.0 Å². The molecule has 1 rings (SSSR count). The van der Waals surface area contributed by atoms with E-state index in [0.717, 1.165) is 25.5 Å². The zero-order valence-corrected chi connectivity index (χ0v) is 9.85. The average molecular weight is 220 g/mol. The maximum atomic E-state index is 5.95. The predicted octanol–water partition coefficient (Wildman–Crippen LogP) is 2.41. The molecule has 84 valence electrons. The van der Waals surface area contributed by atoms with Gasteiger partial charge in [0.25, 0.3) is 0 Å². The third-order valence-electron chi connectivity index (χ3n) is 3.04. The topological polar surface area (TPSA) is 21.3 Å². The summed E-state index contributed by atoms with van der Waals surface area (Å²) in [5.41, 5.74) is 0. The third-order valence-corrected chi connectivity index (χ3v) is 3.44. The van der Waals surface area contributed by atoms with Crippen LogP contribution in [-0.4, -0.2) is 32.2 Å². The maximum absolute atomic E-state index is 5.95. The molecule has 0 aliphatic heterocycles. The number of hydrogen-bond acceptors (Lipinski definition) is 2. The number of ether oxygens (including phenoxy) is 1. The van der Waals surface area contributed by atoms with Crippen molar-refractivity contribution in [3.05, 3.63) is 0 Å². The van der Waals surface area contributed by atoms with Crippen molar-refractivity contribution in [2.75, 3.05) is 26.1 Å². The van der Waals surface area contributed by atoms with Gasteiger partial charge in [-0.1, -0.05) is 12.8 Å². The zero-order valence-electron chi connectivity index (χ0n) is 9.10. The summed E-state index contributed by atoms with van der Waals surface area (Å²) in [6.07, 6.45) is 6.40. The first kappa shape index (κ1) is 12.3. The lowest BCUT2D eigenvalue weighted by Crippen LogP contribution is -2.40. The van der Waals surface area contributed by atoms with E-state index < -0.39 is 0 Å². The first-order valence-electron chi connectivity index (χ1n) is 5.66. The van der Waals surface area contributed by atoms with Crippen molar-refractivity contribution in [2.45, 2.75) is 38.1 Å². The van der Waals surface area contributed by atoms with Gasteiger partial charge in [0, 0.05) is 25.6 Å². The van der Waals surface area contributed by atoms with Crippen LogP contribution in [0.5, 0.6) is 0 Å². The minimum Gasteiger partial charge on any atom is -0.385 e. The fraction of sp³-hybridized carbons (Fsp3) is 1.00. The number of methoxy groups -OCH3 is 1. The number of hydrogen-bond donors (Lipinski definition) is 1. The monoisotopic (exact) mass is 219 g/mol. The van der Waals surface area contributed by atoms with Gasteiger partial charge < -0.3 is 10.1 Å². The van der Waals surface area contributed by atoms with Gasteiger partial charge in [-0.15, -0.1) is 11.6 Å². The van der Waals surface area contributed by atoms with E-state index in [-0.39, 0.29) is 0 Å². The Hall–Kier alpha value is 0.210. The van der Waals surface area contributed by atoms with Gasteiger partial charge in [-0.2, -0.15) is 0 Å². The van der Waals surface area contributed by atoms with Crippen LogP contribution in [0.4, 0.5) is 0 Å². The molecule has 1 saturated carbocycles. The molecule has 0 aromatic heterocycles. The van der Waals surface area contributed by atoms with Crippen molar-refractivity contribution in [1.82, 2.24) is 5.32 Å². The Labute approximate surface area is 92.3 Å². The summed E-state index contributed by atoms with van der Waals surface area (Å²) >= 11 is 5.95. The molecule has 1 N–H and O–H groups in total. The summed E-state index contributed by atoms with van der Waals surface area (Å²) in [6, 6.07) is 0.651. The van der Waals surface area contributed by atoms with Crippen molar-refractivity contribution >= 4 is 11.6 Å². The highest BCUT2D eigenvalue weighted by Gasteiger charge is 2.23. The Bertz CT molecular complexity index is 143. The molecule has 0 amide bonds. The molecule has 0 bridgehead atoms. The van der Waals surface area contributed by atoms with E-state index >= 15 is 0 Å². The Morgan fingerprint density at radius 2 is 2.14 bits per heavy atom. The molecule has 14 heavy (non-hydrogen) atoms. The highest BCUT2D eigenvalue weighted by Crippen LogP contribution is 2.25. The molecule has 2 unspecified atom stereocenters. The maximum Gasteiger partial charge on any atom is 0.0474 e. The van der Waals surface area contributed by atoms with Gasteiger partial charge in [0.15, 0.2) is 0 Å². The van der Waals surface area contributed by atoms with E-state index in [1.165, 1.54) is 25.7 Å². The van der Waals surface area contributed by atoms with Crippen LogP contribution in [0.3, 0.4) is 0 Å². The van der Waals surface area contributed by atoms with E-state index in [1.54, 1.807) is 7.11 Å². The molecule has 0 aromatic carbocycles. The Morgan fingerprint density at radius 3 is 2.86 bits per heavy atom. The van der Waals surface area contributed by atoms with Gasteiger partial charge >= 0.3 is 0 Å². The molecule has 0 heterocycles. The molecule has 0 spiro atoms. The van der Waals surface area contributed by atoms with Crippen molar-refractivity contribution in [3.63, 3.8) is 0 Å². The molecule has 1 aliphatic carbocycles. The fourth-order valence-corrected chi connectivity index (χ4v) is 2.53. The van der Waals surface area contributed by atoms with E-state index in [1.807, 2.05) is 0 Å². The van der Waals surface area contributed by atoms with Crippen LogP contribution in [0.15, 0.2) is 0 Å². The van der Waals surface area contributed by atoms with Gasteiger partial charge in [0.1, 0.15) is 0 Å². The normalized spacial score (nSPS) is 27.9. The van der Waals surface area contributed by atoms with Crippen LogP contribution >= 0.6 is 11.6 Å². The lowest BCUT2D eigenvalue weighted by molar-refractivity contribution is 0.189. The van der Waals surface area contributed by atoms with Gasteiger partial charge in [0.2, 0.25) is 0 Å². The molecule has 1 fully saturated rings. The van der Waals surface area contributed by atoms with Crippen molar-refractivity contribution in [1.29, 1.82) is 0 Å². The summed E-state index contributed by atoms with van der Waals surface area (Å²) < 4.78 is 5.02. The Balaban J connectivity index is 2.13. The summed E-state index contributed by atoms with van der Waals surface area (Å²) in [4.78, 5) is 0. The van der Waals surface area contributed by atoms with Crippen LogP contribution in [0.25, 0.3) is 0 Å². The molecule has 3 heteroatoms. The third kappa shape index (κ3) is 4.16. The number of nitrogens with one attached hydrogen (secondary N) is 1. The highest BCUT2D eigenvalue weighted by molar-refractivity contribution is 6.18. The number of halogens is 1. The number of rotatable bonds is 6. The van der Waals surface area contributed by atoms with Crippen LogP contribution < -0.4 is 5.32 Å². The second kappa shape index (κ2) is 7.49. The van der Waals surface area contributed by atoms with E-state index in [2.05, 4.69) is 5.32 Å². The van der Waals surface area contributed by atoms with Gasteiger partial charge in [-0.05, 0) is 31.7 Å². The Kier molecular flexibility index (Phi) is 6.57. The molecule has 2 nitrogen and oxygen atoms in total. The van der Waals surface area contributed by atoms with Gasteiger partial charge in [-0.25, -0.2) is 0 Å². The smallest absolute Gasteiger partial charge is 0.0474 e. The molecule has 1 aliphatic rings. The largest absolute Gasteiger partial charge is 0.385 e. The molecular formula is C11H22ClNO. The summed E-state index contributed by atoms with van der Waals surface area (Å²) in [6.45, 7) is 1.91. The van der Waals surface area contributed by atoms with Gasteiger partial charge in [0.05, 0.1) is 0 Å². The minimum atomic E-state index is 0.651. The number of alkyl halides is 1. The first-order valence-corrected chi connectivity index (χ1v) is 6.20. The first-order chi connectivity index (χ1) is 6.88. The summed E-state index contributed by atoms with van der Waals surface area (Å²) in [5, 5.41) is 3.59. The Morgan fingerprint density at radius 1 is 1.36 bits per heavy atom. The van der Waals surface area contributed by atoms with Crippen LogP contribution in [0.2, 0.25) is 0 Å². The molecule has 0 saturated heterocycles. The van der Waals surface area contributed by atoms with Crippen molar-refractivity contribution in [2.24, 2.45) is 5.92 Å². The van der Waals surface area contributed by atoms with Gasteiger partial charge in [-0.3, -0.25) is 0 Å². The standard InChI is InChI=1S/C11H22ClNO/c1-14-8-4-7-13-11-6-3-2-5-10(11)9-12/h10-11,13H,2-9H2,1H3. The van der Waals surface area contributed by atoms with E-state index in [9.17, 15) is 0 Å². The average Bonchev–Trinajstić information content (AvgIpc) is 2.25. The SMILES string of the molecule is COCCCNC1CCCCC1CCl. The van der Waals surface area contributed by atoms with Crippen LogP contribution in [-0.2, 0) is 4.74 Å². The fourth-order valence-electron chi connectivity index (χ4n) is 2.17. The van der Waals surface area contributed by atoms with Crippen molar-refractivity contribution < 1.29 is 4.74 Å². The van der Waals surface area contributed by atoms with E-state index in [4.69, 9.17) is 16.3 Å². The second-order valence-corrected chi connectivity index (χ2v) is 4.41.